The average molecular weight is 237 g/mol. The van der Waals surface area contributed by atoms with E-state index in [1.165, 1.54) is 5.56 Å². The van der Waals surface area contributed by atoms with E-state index in [2.05, 4.69) is 5.10 Å². The molecule has 0 bridgehead atoms. The zero-order valence-corrected chi connectivity index (χ0v) is 9.51. The van der Waals surface area contributed by atoms with Gasteiger partial charge in [-0.3, -0.25) is 4.68 Å². The van der Waals surface area contributed by atoms with Gasteiger partial charge in [-0.25, -0.2) is 0 Å². The highest BCUT2D eigenvalue weighted by Gasteiger charge is 2.08. The van der Waals surface area contributed by atoms with Crippen LogP contribution in [-0.4, -0.2) is 20.8 Å². The summed E-state index contributed by atoms with van der Waals surface area (Å²) in [6, 6.07) is 10.1. The Bertz CT molecular complexity index is 441. The normalized spacial score (nSPS) is 12.6. The van der Waals surface area contributed by atoms with E-state index in [0.717, 1.165) is 5.56 Å². The molecule has 0 spiro atoms. The van der Waals surface area contributed by atoms with Crippen molar-refractivity contribution in [3.05, 3.63) is 53.9 Å². The summed E-state index contributed by atoms with van der Waals surface area (Å²) >= 11 is 5.57. The van der Waals surface area contributed by atoms with E-state index in [0.29, 0.717) is 6.54 Å². The lowest BCUT2D eigenvalue weighted by atomic mass is 10.2. The van der Waals surface area contributed by atoms with Crippen LogP contribution in [0.2, 0.25) is 0 Å². The molecule has 1 aromatic heterocycles. The fourth-order valence-electron chi connectivity index (χ4n) is 1.50. The molecule has 4 heteroatoms. The zero-order chi connectivity index (χ0) is 11.4. The highest BCUT2D eigenvalue weighted by molar-refractivity contribution is 6.18. The number of benzene rings is 1. The number of aliphatic hydroxyl groups excluding tert-OH is 1. The van der Waals surface area contributed by atoms with Crippen molar-refractivity contribution in [2.75, 3.05) is 5.88 Å². The average Bonchev–Trinajstić information content (AvgIpc) is 2.78. The Labute approximate surface area is 99.3 Å². The van der Waals surface area contributed by atoms with Crippen LogP contribution in [-0.2, 0) is 6.54 Å². The molecule has 0 fully saturated rings. The van der Waals surface area contributed by atoms with Gasteiger partial charge >= 0.3 is 0 Å². The summed E-state index contributed by atoms with van der Waals surface area (Å²) < 4.78 is 1.79. The molecule has 1 atom stereocenters. The Morgan fingerprint density at radius 3 is 2.75 bits per heavy atom. The first-order valence-electron chi connectivity index (χ1n) is 5.10. The second kappa shape index (κ2) is 5.14. The Morgan fingerprint density at radius 1 is 1.31 bits per heavy atom. The largest absolute Gasteiger partial charge is 0.387 e. The van der Waals surface area contributed by atoms with E-state index in [9.17, 15) is 5.11 Å². The fraction of sp³-hybridized carbons (Fsp3) is 0.250. The molecule has 0 amide bonds. The zero-order valence-electron chi connectivity index (χ0n) is 8.75. The van der Waals surface area contributed by atoms with Gasteiger partial charge in [-0.1, -0.05) is 30.3 Å². The first kappa shape index (κ1) is 11.2. The molecular formula is C12H13ClN2O. The van der Waals surface area contributed by atoms with Gasteiger partial charge in [0.05, 0.1) is 24.7 Å². The van der Waals surface area contributed by atoms with Gasteiger partial charge in [0.25, 0.3) is 0 Å². The topological polar surface area (TPSA) is 38.1 Å². The monoisotopic (exact) mass is 236 g/mol. The molecule has 0 saturated heterocycles. The number of aliphatic hydroxyl groups is 1. The Balaban J connectivity index is 2.09. The molecule has 0 radical (unpaired) electrons. The lowest BCUT2D eigenvalue weighted by Crippen LogP contribution is -2.00. The van der Waals surface area contributed by atoms with Crippen molar-refractivity contribution in [2.24, 2.45) is 0 Å². The standard InChI is InChI=1S/C12H13ClN2O/c13-6-12(16)11-7-14-15(9-11)8-10-4-2-1-3-5-10/h1-5,7,9,12,16H,6,8H2. The smallest absolute Gasteiger partial charge is 0.0955 e. The number of alkyl halides is 1. The van der Waals surface area contributed by atoms with Gasteiger partial charge in [0.2, 0.25) is 0 Å². The Hall–Kier alpha value is -1.32. The van der Waals surface area contributed by atoms with Crippen molar-refractivity contribution in [1.29, 1.82) is 0 Å². The van der Waals surface area contributed by atoms with Crippen LogP contribution in [0.15, 0.2) is 42.7 Å². The van der Waals surface area contributed by atoms with Crippen molar-refractivity contribution >= 4 is 11.6 Å². The van der Waals surface area contributed by atoms with E-state index in [4.69, 9.17) is 11.6 Å². The first-order chi connectivity index (χ1) is 7.79. The van der Waals surface area contributed by atoms with Crippen LogP contribution in [0.25, 0.3) is 0 Å². The number of hydrogen-bond acceptors (Lipinski definition) is 2. The highest BCUT2D eigenvalue weighted by Crippen LogP contribution is 2.13. The predicted octanol–water partition coefficient (Wildman–Crippen LogP) is 2.20. The summed E-state index contributed by atoms with van der Waals surface area (Å²) in [5.74, 6) is 0.191. The van der Waals surface area contributed by atoms with E-state index in [1.807, 2.05) is 36.5 Å². The number of rotatable bonds is 4. The first-order valence-corrected chi connectivity index (χ1v) is 5.63. The Morgan fingerprint density at radius 2 is 2.06 bits per heavy atom. The molecule has 1 heterocycles. The van der Waals surface area contributed by atoms with Crippen LogP contribution in [0.5, 0.6) is 0 Å². The molecule has 3 nitrogen and oxygen atoms in total. The minimum Gasteiger partial charge on any atom is -0.387 e. The number of hydrogen-bond donors (Lipinski definition) is 1. The van der Waals surface area contributed by atoms with Gasteiger partial charge in [0.1, 0.15) is 0 Å². The van der Waals surface area contributed by atoms with Crippen LogP contribution in [0.4, 0.5) is 0 Å². The molecule has 0 saturated carbocycles. The van der Waals surface area contributed by atoms with Crippen LogP contribution < -0.4 is 0 Å². The summed E-state index contributed by atoms with van der Waals surface area (Å²) in [5.41, 5.74) is 1.93. The predicted molar refractivity (Wildman–Crippen MR) is 63.5 cm³/mol. The van der Waals surface area contributed by atoms with Gasteiger partial charge in [0.15, 0.2) is 0 Å². The lowest BCUT2D eigenvalue weighted by molar-refractivity contribution is 0.202. The van der Waals surface area contributed by atoms with Gasteiger partial charge in [-0.05, 0) is 5.56 Å². The van der Waals surface area contributed by atoms with E-state index < -0.39 is 6.10 Å². The minimum absolute atomic E-state index is 0.191. The van der Waals surface area contributed by atoms with E-state index in [1.54, 1.807) is 10.9 Å². The number of halogens is 1. The SMILES string of the molecule is OC(CCl)c1cnn(Cc2ccccc2)c1. The van der Waals surface area contributed by atoms with Crippen molar-refractivity contribution in [2.45, 2.75) is 12.6 Å². The summed E-state index contributed by atoms with van der Waals surface area (Å²) in [7, 11) is 0. The summed E-state index contributed by atoms with van der Waals surface area (Å²) in [5, 5.41) is 13.7. The van der Waals surface area contributed by atoms with Gasteiger partial charge in [0, 0.05) is 11.8 Å². The van der Waals surface area contributed by atoms with Crippen LogP contribution >= 0.6 is 11.6 Å². The molecule has 0 aliphatic rings. The summed E-state index contributed by atoms with van der Waals surface area (Å²) in [6.07, 6.45) is 2.84. The van der Waals surface area contributed by atoms with Gasteiger partial charge < -0.3 is 5.11 Å². The molecule has 1 N–H and O–H groups in total. The second-order valence-corrected chi connectivity index (χ2v) is 3.94. The molecular weight excluding hydrogens is 224 g/mol. The highest BCUT2D eigenvalue weighted by atomic mass is 35.5. The molecule has 0 aliphatic carbocycles. The molecule has 1 unspecified atom stereocenters. The summed E-state index contributed by atoms with van der Waals surface area (Å²) in [6.45, 7) is 0.704. The third-order valence-corrected chi connectivity index (χ3v) is 2.66. The van der Waals surface area contributed by atoms with Crippen molar-refractivity contribution in [1.82, 2.24) is 9.78 Å². The third kappa shape index (κ3) is 2.62. The molecule has 84 valence electrons. The minimum atomic E-state index is -0.633. The molecule has 16 heavy (non-hydrogen) atoms. The number of nitrogens with zero attached hydrogens (tertiary/aromatic N) is 2. The molecule has 0 aliphatic heterocycles. The lowest BCUT2D eigenvalue weighted by Gasteiger charge is -2.02. The van der Waals surface area contributed by atoms with Crippen molar-refractivity contribution in [3.63, 3.8) is 0 Å². The molecule has 2 rings (SSSR count). The van der Waals surface area contributed by atoms with Gasteiger partial charge in [-0.2, -0.15) is 5.10 Å². The van der Waals surface area contributed by atoms with E-state index >= 15 is 0 Å². The maximum atomic E-state index is 9.52. The van der Waals surface area contributed by atoms with Crippen LogP contribution in [0, 0.1) is 0 Å². The van der Waals surface area contributed by atoms with E-state index in [-0.39, 0.29) is 5.88 Å². The maximum Gasteiger partial charge on any atom is 0.0955 e. The number of aromatic nitrogens is 2. The van der Waals surface area contributed by atoms with Crippen LogP contribution in [0.3, 0.4) is 0 Å². The molecule has 2 aromatic rings. The van der Waals surface area contributed by atoms with Crippen molar-refractivity contribution in [3.8, 4) is 0 Å². The van der Waals surface area contributed by atoms with Gasteiger partial charge in [-0.15, -0.1) is 11.6 Å². The maximum absolute atomic E-state index is 9.52. The van der Waals surface area contributed by atoms with Crippen LogP contribution in [0.1, 0.15) is 17.2 Å². The third-order valence-electron chi connectivity index (χ3n) is 2.37. The second-order valence-electron chi connectivity index (χ2n) is 3.63. The molecule has 1 aromatic carbocycles. The van der Waals surface area contributed by atoms with Crippen molar-refractivity contribution < 1.29 is 5.11 Å². The summed E-state index contributed by atoms with van der Waals surface area (Å²) in [4.78, 5) is 0. The quantitative estimate of drug-likeness (QED) is 0.827. The Kier molecular flexibility index (Phi) is 3.59. The fourth-order valence-corrected chi connectivity index (χ4v) is 1.68.